The van der Waals surface area contributed by atoms with Crippen molar-refractivity contribution in [3.63, 3.8) is 0 Å². The zero-order valence-electron chi connectivity index (χ0n) is 11.5. The van der Waals surface area contributed by atoms with E-state index >= 15 is 0 Å². The summed E-state index contributed by atoms with van der Waals surface area (Å²) in [5.41, 5.74) is 0.378. The van der Waals surface area contributed by atoms with Crippen LogP contribution in [0.25, 0.3) is 0 Å². The molecule has 0 bridgehead atoms. The van der Waals surface area contributed by atoms with E-state index in [0.29, 0.717) is 9.90 Å². The van der Waals surface area contributed by atoms with Crippen molar-refractivity contribution in [3.8, 4) is 0 Å². The van der Waals surface area contributed by atoms with Crippen LogP contribution in [0.15, 0.2) is 41.3 Å². The molecule has 112 valence electrons. The Morgan fingerprint density at radius 1 is 1.29 bits per heavy atom. The first-order chi connectivity index (χ1) is 9.80. The molecule has 2 rings (SSSR count). The molecule has 0 amide bonds. The van der Waals surface area contributed by atoms with E-state index in [9.17, 15) is 13.2 Å². The number of hydrogen-bond donors (Lipinski definition) is 0. The molecule has 0 unspecified atom stereocenters. The number of carbonyl (C=O) groups excluding carboxylic acids is 1. The van der Waals surface area contributed by atoms with Crippen molar-refractivity contribution < 1.29 is 13.2 Å². The summed E-state index contributed by atoms with van der Waals surface area (Å²) < 4.78 is 26.9. The van der Waals surface area contributed by atoms with Gasteiger partial charge in [-0.1, -0.05) is 23.7 Å². The van der Waals surface area contributed by atoms with Crippen molar-refractivity contribution >= 4 is 38.7 Å². The molecule has 0 N–H and O–H groups in total. The highest BCUT2D eigenvalue weighted by atomic mass is 35.5. The fourth-order valence-corrected chi connectivity index (χ4v) is 4.21. The van der Waals surface area contributed by atoms with E-state index in [2.05, 4.69) is 0 Å². The van der Waals surface area contributed by atoms with E-state index in [1.807, 2.05) is 0 Å². The minimum Gasteiger partial charge on any atom is -0.295 e. The van der Waals surface area contributed by atoms with Crippen LogP contribution in [0.2, 0.25) is 4.34 Å². The Kier molecular flexibility index (Phi) is 4.83. The van der Waals surface area contributed by atoms with Gasteiger partial charge in [-0.2, -0.15) is 4.31 Å². The Morgan fingerprint density at radius 2 is 2.00 bits per heavy atom. The van der Waals surface area contributed by atoms with Gasteiger partial charge in [0.05, 0.1) is 9.23 Å². The number of thiophene rings is 1. The zero-order valence-corrected chi connectivity index (χ0v) is 13.9. The van der Waals surface area contributed by atoms with Crippen molar-refractivity contribution in [1.29, 1.82) is 0 Å². The third-order valence-electron chi connectivity index (χ3n) is 2.96. The molecule has 1 heterocycles. The third kappa shape index (κ3) is 3.71. The van der Waals surface area contributed by atoms with E-state index in [-0.39, 0.29) is 17.2 Å². The first-order valence-electron chi connectivity index (χ1n) is 6.12. The van der Waals surface area contributed by atoms with E-state index in [1.165, 1.54) is 41.7 Å². The zero-order chi connectivity index (χ0) is 15.6. The van der Waals surface area contributed by atoms with Gasteiger partial charge in [0.25, 0.3) is 0 Å². The highest BCUT2D eigenvalue weighted by molar-refractivity contribution is 7.89. The van der Waals surface area contributed by atoms with E-state index < -0.39 is 10.0 Å². The summed E-state index contributed by atoms with van der Waals surface area (Å²) in [6.45, 7) is 1.65. The Hall–Kier alpha value is -1.21. The van der Waals surface area contributed by atoms with Gasteiger partial charge in [-0.25, -0.2) is 8.42 Å². The maximum Gasteiger partial charge on any atom is 0.243 e. The number of Topliss-reactive ketones (excluding diaryl/α,β-unsaturated/α-hetero) is 1. The van der Waals surface area contributed by atoms with Crippen LogP contribution in [-0.4, -0.2) is 25.6 Å². The van der Waals surface area contributed by atoms with Crippen LogP contribution in [0.5, 0.6) is 0 Å². The summed E-state index contributed by atoms with van der Waals surface area (Å²) in [5, 5.41) is 0. The lowest BCUT2D eigenvalue weighted by Gasteiger charge is -2.16. The van der Waals surface area contributed by atoms with Crippen molar-refractivity contribution in [2.45, 2.75) is 18.4 Å². The molecule has 0 radical (unpaired) electrons. The molecular formula is C14H14ClNO3S2. The minimum atomic E-state index is -3.64. The molecule has 2 aromatic rings. The van der Waals surface area contributed by atoms with Gasteiger partial charge in [-0.05, 0) is 31.2 Å². The highest BCUT2D eigenvalue weighted by Crippen LogP contribution is 2.25. The van der Waals surface area contributed by atoms with Gasteiger partial charge in [0, 0.05) is 24.0 Å². The summed E-state index contributed by atoms with van der Waals surface area (Å²) in [6.07, 6.45) is 0. The van der Waals surface area contributed by atoms with Crippen LogP contribution in [-0.2, 0) is 16.6 Å². The van der Waals surface area contributed by atoms with Gasteiger partial charge in [-0.15, -0.1) is 11.3 Å². The molecular weight excluding hydrogens is 330 g/mol. The van der Waals surface area contributed by atoms with Gasteiger partial charge >= 0.3 is 0 Å². The molecule has 1 aromatic carbocycles. The number of hydrogen-bond acceptors (Lipinski definition) is 4. The summed E-state index contributed by atoms with van der Waals surface area (Å²) in [4.78, 5) is 12.3. The Balaban J connectivity index is 2.28. The number of halogens is 1. The summed E-state index contributed by atoms with van der Waals surface area (Å²) in [6, 6.07) is 9.58. The molecule has 0 aliphatic carbocycles. The highest BCUT2D eigenvalue weighted by Gasteiger charge is 2.22. The number of rotatable bonds is 5. The third-order valence-corrected chi connectivity index (χ3v) is 5.97. The van der Waals surface area contributed by atoms with Crippen molar-refractivity contribution in [1.82, 2.24) is 4.31 Å². The Labute approximate surface area is 133 Å². The number of sulfonamides is 1. The maximum atomic E-state index is 12.5. The molecule has 4 nitrogen and oxygen atoms in total. The van der Waals surface area contributed by atoms with Gasteiger partial charge in [0.15, 0.2) is 5.78 Å². The first-order valence-corrected chi connectivity index (χ1v) is 8.75. The average molecular weight is 344 g/mol. The van der Waals surface area contributed by atoms with Crippen LogP contribution in [0.1, 0.15) is 22.2 Å². The van der Waals surface area contributed by atoms with Gasteiger partial charge < -0.3 is 0 Å². The van der Waals surface area contributed by atoms with Gasteiger partial charge in [0.2, 0.25) is 10.0 Å². The van der Waals surface area contributed by atoms with E-state index in [4.69, 9.17) is 11.6 Å². The van der Waals surface area contributed by atoms with Crippen LogP contribution in [0.4, 0.5) is 0 Å². The van der Waals surface area contributed by atoms with Gasteiger partial charge in [0.1, 0.15) is 0 Å². The average Bonchev–Trinajstić information content (AvgIpc) is 2.84. The predicted molar refractivity (Wildman–Crippen MR) is 84.4 cm³/mol. The van der Waals surface area contributed by atoms with Crippen molar-refractivity contribution in [2.24, 2.45) is 0 Å². The summed E-state index contributed by atoms with van der Waals surface area (Å²) in [5.74, 6) is -0.167. The number of ketones is 1. The Bertz CT molecular complexity index is 768. The second-order valence-electron chi connectivity index (χ2n) is 4.55. The van der Waals surface area contributed by atoms with Crippen LogP contribution >= 0.6 is 22.9 Å². The molecule has 0 atom stereocenters. The monoisotopic (exact) mass is 343 g/mol. The SMILES string of the molecule is CC(=O)c1cccc(S(=O)(=O)N(C)Cc2ccc(Cl)s2)c1. The molecule has 0 saturated heterocycles. The van der Waals surface area contributed by atoms with E-state index in [1.54, 1.807) is 24.3 Å². The summed E-state index contributed by atoms with van der Waals surface area (Å²) in [7, 11) is -2.14. The van der Waals surface area contributed by atoms with Crippen LogP contribution in [0, 0.1) is 0 Å². The largest absolute Gasteiger partial charge is 0.295 e. The summed E-state index contributed by atoms with van der Waals surface area (Å²) >= 11 is 7.18. The molecule has 7 heteroatoms. The molecule has 1 aromatic heterocycles. The number of benzene rings is 1. The lowest BCUT2D eigenvalue weighted by molar-refractivity contribution is 0.101. The second-order valence-corrected chi connectivity index (χ2v) is 8.40. The smallest absolute Gasteiger partial charge is 0.243 e. The number of carbonyl (C=O) groups is 1. The molecule has 0 aliphatic heterocycles. The standard InChI is InChI=1S/C14H14ClNO3S2/c1-10(17)11-4-3-5-13(8-11)21(18,19)16(2)9-12-6-7-14(15)20-12/h3-8H,9H2,1-2H3. The topological polar surface area (TPSA) is 54.5 Å². The lowest BCUT2D eigenvalue weighted by atomic mass is 10.2. The quantitative estimate of drug-likeness (QED) is 0.781. The first kappa shape index (κ1) is 16.2. The number of nitrogens with zero attached hydrogens (tertiary/aromatic N) is 1. The fraction of sp³-hybridized carbons (Fsp3) is 0.214. The molecule has 0 fully saturated rings. The van der Waals surface area contributed by atoms with Crippen molar-refractivity contribution in [2.75, 3.05) is 7.05 Å². The lowest BCUT2D eigenvalue weighted by Crippen LogP contribution is -2.26. The van der Waals surface area contributed by atoms with Crippen LogP contribution in [0.3, 0.4) is 0 Å². The minimum absolute atomic E-state index is 0.111. The fourth-order valence-electron chi connectivity index (χ4n) is 1.80. The predicted octanol–water partition coefficient (Wildman–Crippen LogP) is 3.42. The molecule has 0 aliphatic rings. The van der Waals surface area contributed by atoms with Gasteiger partial charge in [-0.3, -0.25) is 4.79 Å². The Morgan fingerprint density at radius 3 is 2.57 bits per heavy atom. The molecule has 21 heavy (non-hydrogen) atoms. The normalized spacial score (nSPS) is 11.8. The molecule has 0 saturated carbocycles. The second kappa shape index (κ2) is 6.27. The van der Waals surface area contributed by atoms with Crippen LogP contribution < -0.4 is 0 Å². The maximum absolute atomic E-state index is 12.5. The van der Waals surface area contributed by atoms with E-state index in [0.717, 1.165) is 4.88 Å². The van der Waals surface area contributed by atoms with Crippen molar-refractivity contribution in [3.05, 3.63) is 51.2 Å². The molecule has 0 spiro atoms.